The summed E-state index contributed by atoms with van der Waals surface area (Å²) in [6, 6.07) is 10.0. The molecule has 1 aliphatic heterocycles. The first-order chi connectivity index (χ1) is 10.7. The fourth-order valence-electron chi connectivity index (χ4n) is 2.71. The topological polar surface area (TPSA) is 58.5 Å². The summed E-state index contributed by atoms with van der Waals surface area (Å²) in [7, 11) is 0. The maximum absolute atomic E-state index is 5.92. The molecule has 1 aromatic carbocycles. The van der Waals surface area contributed by atoms with Crippen LogP contribution in [0, 0.1) is 0 Å². The molecule has 0 amide bonds. The lowest BCUT2D eigenvalue weighted by molar-refractivity contribution is 0.120. The van der Waals surface area contributed by atoms with E-state index in [1.165, 1.54) is 5.56 Å². The third kappa shape index (κ3) is 4.08. The van der Waals surface area contributed by atoms with Gasteiger partial charge in [-0.3, -0.25) is 9.80 Å². The molecule has 0 saturated carbocycles. The molecule has 6 heteroatoms. The first-order valence-corrected chi connectivity index (χ1v) is 7.94. The van der Waals surface area contributed by atoms with E-state index < -0.39 is 0 Å². The second-order valence-corrected chi connectivity index (χ2v) is 6.10. The number of halogens is 1. The van der Waals surface area contributed by atoms with Crippen LogP contribution in [0.25, 0.3) is 0 Å². The second-order valence-electron chi connectivity index (χ2n) is 5.67. The Morgan fingerprint density at radius 2 is 1.68 bits per heavy atom. The van der Waals surface area contributed by atoms with E-state index in [0.29, 0.717) is 6.54 Å². The van der Waals surface area contributed by atoms with Crippen LogP contribution in [0.2, 0.25) is 5.02 Å². The lowest BCUT2D eigenvalue weighted by atomic mass is 10.2. The molecule has 1 saturated heterocycles. The van der Waals surface area contributed by atoms with E-state index in [1.54, 1.807) is 0 Å². The molecule has 22 heavy (non-hydrogen) atoms. The van der Waals surface area contributed by atoms with E-state index in [2.05, 4.69) is 27.1 Å². The molecule has 2 aromatic rings. The van der Waals surface area contributed by atoms with Gasteiger partial charge in [-0.05, 0) is 17.7 Å². The predicted octanol–water partition coefficient (Wildman–Crippen LogP) is 2.10. The number of hydrogen-bond acceptors (Lipinski definition) is 5. The van der Waals surface area contributed by atoms with Gasteiger partial charge in [-0.2, -0.15) is 0 Å². The Morgan fingerprint density at radius 3 is 2.27 bits per heavy atom. The van der Waals surface area contributed by atoms with Crippen LogP contribution in [0.3, 0.4) is 0 Å². The van der Waals surface area contributed by atoms with Crippen LogP contribution in [-0.4, -0.2) is 41.1 Å². The van der Waals surface area contributed by atoms with Gasteiger partial charge in [-0.15, -0.1) is 0 Å². The first-order valence-electron chi connectivity index (χ1n) is 7.56. The highest BCUT2D eigenvalue weighted by Gasteiger charge is 2.18. The van der Waals surface area contributed by atoms with Crippen LogP contribution in [0.15, 0.2) is 34.9 Å². The van der Waals surface area contributed by atoms with E-state index in [-0.39, 0.29) is 0 Å². The van der Waals surface area contributed by atoms with Crippen LogP contribution < -0.4 is 5.73 Å². The smallest absolute Gasteiger partial charge is 0.150 e. The minimum absolute atomic E-state index is 0.405. The molecule has 1 aliphatic rings. The zero-order chi connectivity index (χ0) is 15.4. The zero-order valence-electron chi connectivity index (χ0n) is 12.5. The van der Waals surface area contributed by atoms with Crippen molar-refractivity contribution in [3.05, 3.63) is 52.4 Å². The van der Waals surface area contributed by atoms with Crippen molar-refractivity contribution in [1.29, 1.82) is 0 Å². The molecule has 5 nitrogen and oxygen atoms in total. The normalized spacial score (nSPS) is 17.0. The molecule has 0 bridgehead atoms. The Kier molecular flexibility index (Phi) is 5.10. The number of nitrogens with two attached hydrogens (primary N) is 1. The molecule has 0 unspecified atom stereocenters. The molecule has 3 rings (SSSR count). The molecule has 1 fully saturated rings. The maximum Gasteiger partial charge on any atom is 0.150 e. The van der Waals surface area contributed by atoms with Crippen molar-refractivity contribution >= 4 is 11.6 Å². The van der Waals surface area contributed by atoms with Crippen LogP contribution in [0.1, 0.15) is 17.0 Å². The van der Waals surface area contributed by atoms with Crippen LogP contribution in [0.4, 0.5) is 0 Å². The van der Waals surface area contributed by atoms with E-state index in [4.69, 9.17) is 21.9 Å². The van der Waals surface area contributed by atoms with E-state index in [9.17, 15) is 0 Å². The van der Waals surface area contributed by atoms with Crippen LogP contribution in [-0.2, 0) is 19.6 Å². The summed E-state index contributed by atoms with van der Waals surface area (Å²) in [6.07, 6.45) is 0. The Morgan fingerprint density at radius 1 is 1.05 bits per heavy atom. The zero-order valence-corrected chi connectivity index (χ0v) is 13.3. The van der Waals surface area contributed by atoms with Gasteiger partial charge < -0.3 is 10.3 Å². The summed E-state index contributed by atoms with van der Waals surface area (Å²) in [6.45, 7) is 6.41. The number of benzene rings is 1. The molecular weight excluding hydrogens is 300 g/mol. The molecule has 0 radical (unpaired) electrons. The molecule has 0 atom stereocenters. The van der Waals surface area contributed by atoms with Gasteiger partial charge in [-0.1, -0.05) is 28.9 Å². The minimum Gasteiger partial charge on any atom is -0.360 e. The fraction of sp³-hybridized carbons (Fsp3) is 0.438. The molecule has 2 heterocycles. The molecule has 1 aromatic heterocycles. The number of aromatic nitrogens is 1. The summed E-state index contributed by atoms with van der Waals surface area (Å²) in [5.74, 6) is 0.747. The van der Waals surface area contributed by atoms with Gasteiger partial charge in [0.25, 0.3) is 0 Å². The highest BCUT2D eigenvalue weighted by Crippen LogP contribution is 2.14. The van der Waals surface area contributed by atoms with E-state index in [1.807, 2.05) is 18.2 Å². The van der Waals surface area contributed by atoms with Gasteiger partial charge in [0.1, 0.15) is 0 Å². The third-order valence-corrected chi connectivity index (χ3v) is 4.23. The van der Waals surface area contributed by atoms with Crippen LogP contribution in [0.5, 0.6) is 0 Å². The van der Waals surface area contributed by atoms with Crippen molar-refractivity contribution in [1.82, 2.24) is 15.0 Å². The summed E-state index contributed by atoms with van der Waals surface area (Å²) in [5.41, 5.74) is 7.81. The largest absolute Gasteiger partial charge is 0.360 e. The lowest BCUT2D eigenvalue weighted by Crippen LogP contribution is -2.45. The van der Waals surface area contributed by atoms with Crippen molar-refractivity contribution in [2.24, 2.45) is 5.73 Å². The summed E-state index contributed by atoms with van der Waals surface area (Å²) >= 11 is 5.92. The highest BCUT2D eigenvalue weighted by atomic mass is 35.5. The number of rotatable bonds is 5. The number of nitrogens with zero attached hydrogens (tertiary/aromatic N) is 3. The highest BCUT2D eigenvalue weighted by molar-refractivity contribution is 6.30. The van der Waals surface area contributed by atoms with Gasteiger partial charge in [0.05, 0.1) is 12.2 Å². The number of hydrogen-bond donors (Lipinski definition) is 1. The van der Waals surface area contributed by atoms with Crippen molar-refractivity contribution < 1.29 is 4.52 Å². The van der Waals surface area contributed by atoms with Gasteiger partial charge in [-0.25, -0.2) is 0 Å². The summed E-state index contributed by atoms with van der Waals surface area (Å²) < 4.78 is 5.14. The minimum atomic E-state index is 0.405. The molecule has 0 aliphatic carbocycles. The lowest BCUT2D eigenvalue weighted by Gasteiger charge is -2.34. The Hall–Kier alpha value is -1.40. The molecular formula is C16H21ClN4O. The van der Waals surface area contributed by atoms with E-state index >= 15 is 0 Å². The Balaban J connectivity index is 1.46. The van der Waals surface area contributed by atoms with Crippen LogP contribution >= 0.6 is 11.6 Å². The van der Waals surface area contributed by atoms with Crippen molar-refractivity contribution in [2.75, 3.05) is 26.2 Å². The summed E-state index contributed by atoms with van der Waals surface area (Å²) in [4.78, 5) is 4.87. The first kappa shape index (κ1) is 15.5. The van der Waals surface area contributed by atoms with Crippen molar-refractivity contribution in [2.45, 2.75) is 19.6 Å². The maximum atomic E-state index is 5.92. The Labute approximate surface area is 135 Å². The van der Waals surface area contributed by atoms with Crippen molar-refractivity contribution in [3.8, 4) is 0 Å². The van der Waals surface area contributed by atoms with Gasteiger partial charge >= 0.3 is 0 Å². The second kappa shape index (κ2) is 7.24. The van der Waals surface area contributed by atoms with Gasteiger partial charge in [0.15, 0.2) is 5.76 Å². The SMILES string of the molecule is NCc1cc(CN2CCN(Cc3ccc(Cl)cc3)CC2)no1. The van der Waals surface area contributed by atoms with Gasteiger partial charge in [0, 0.05) is 50.4 Å². The average molecular weight is 321 g/mol. The molecule has 2 N–H and O–H groups in total. The Bertz CT molecular complexity index is 590. The fourth-order valence-corrected chi connectivity index (χ4v) is 2.84. The molecule has 0 spiro atoms. The monoisotopic (exact) mass is 320 g/mol. The quantitative estimate of drug-likeness (QED) is 0.914. The predicted molar refractivity (Wildman–Crippen MR) is 86.4 cm³/mol. The third-order valence-electron chi connectivity index (χ3n) is 3.98. The van der Waals surface area contributed by atoms with Crippen molar-refractivity contribution in [3.63, 3.8) is 0 Å². The summed E-state index contributed by atoms with van der Waals surface area (Å²) in [5, 5.41) is 4.84. The average Bonchev–Trinajstić information content (AvgIpc) is 2.99. The van der Waals surface area contributed by atoms with E-state index in [0.717, 1.165) is 55.7 Å². The van der Waals surface area contributed by atoms with Gasteiger partial charge in [0.2, 0.25) is 0 Å². The standard InChI is InChI=1S/C16H21ClN4O/c17-14-3-1-13(2-4-14)11-20-5-7-21(8-6-20)12-15-9-16(10-18)22-19-15/h1-4,9H,5-8,10-12,18H2. The number of piperazine rings is 1. The molecule has 118 valence electrons.